The summed E-state index contributed by atoms with van der Waals surface area (Å²) in [7, 11) is 0. The van der Waals surface area contributed by atoms with Crippen molar-refractivity contribution in [2.75, 3.05) is 0 Å². The summed E-state index contributed by atoms with van der Waals surface area (Å²) in [5.41, 5.74) is 2.15. The predicted molar refractivity (Wildman–Crippen MR) is 101 cm³/mol. The minimum absolute atomic E-state index is 0.390. The fraction of sp³-hybridized carbons (Fsp3) is 0.913. The van der Waals surface area contributed by atoms with Crippen molar-refractivity contribution in [3.8, 4) is 0 Å². The summed E-state index contributed by atoms with van der Waals surface area (Å²) in [6, 6.07) is 0. The molecule has 0 N–H and O–H groups in total. The molecule has 0 aliphatic heterocycles. The van der Waals surface area contributed by atoms with Crippen molar-refractivity contribution in [2.45, 2.75) is 97.2 Å². The van der Waals surface area contributed by atoms with Gasteiger partial charge in [0.15, 0.2) is 0 Å². The summed E-state index contributed by atoms with van der Waals surface area (Å²) in [4.78, 5) is 0. The highest BCUT2D eigenvalue weighted by molar-refractivity contribution is 5.09. The number of ether oxygens (including phenoxy) is 1. The molecular formula is C23H38O. The molecule has 0 aromatic heterocycles. The van der Waals surface area contributed by atoms with E-state index in [0.29, 0.717) is 17.6 Å². The fourth-order valence-electron chi connectivity index (χ4n) is 7.47. The highest BCUT2D eigenvalue weighted by atomic mass is 16.5. The molecule has 0 amide bonds. The molecule has 4 saturated carbocycles. The Morgan fingerprint density at radius 1 is 1.04 bits per heavy atom. The Labute approximate surface area is 149 Å². The molecule has 1 nitrogen and oxygen atoms in total. The molecule has 4 aliphatic carbocycles. The van der Waals surface area contributed by atoms with E-state index in [1.165, 1.54) is 64.2 Å². The van der Waals surface area contributed by atoms with Crippen molar-refractivity contribution in [2.24, 2.45) is 35.0 Å². The molecule has 1 unspecified atom stereocenters. The second-order valence-corrected chi connectivity index (χ2v) is 10.1. The van der Waals surface area contributed by atoms with Gasteiger partial charge in [-0.15, -0.1) is 0 Å². The van der Waals surface area contributed by atoms with Crippen molar-refractivity contribution in [3.05, 3.63) is 12.2 Å². The molecule has 0 spiro atoms. The molecule has 24 heavy (non-hydrogen) atoms. The van der Waals surface area contributed by atoms with Crippen LogP contribution in [0.2, 0.25) is 0 Å². The van der Waals surface area contributed by atoms with Crippen LogP contribution in [0.3, 0.4) is 0 Å². The molecule has 0 bridgehead atoms. The van der Waals surface area contributed by atoms with Gasteiger partial charge in [0, 0.05) is 0 Å². The Morgan fingerprint density at radius 2 is 1.88 bits per heavy atom. The number of fused-ring (bicyclic) bond motifs is 5. The Kier molecular flexibility index (Phi) is 4.61. The first kappa shape index (κ1) is 17.1. The normalized spacial score (nSPS) is 48.6. The Balaban J connectivity index is 1.49. The Bertz CT molecular complexity index is 480. The molecule has 136 valence electrons. The van der Waals surface area contributed by atoms with Gasteiger partial charge in [-0.3, -0.25) is 0 Å². The molecule has 7 atom stereocenters. The van der Waals surface area contributed by atoms with Gasteiger partial charge in [0.1, 0.15) is 0 Å². The maximum Gasteiger partial charge on any atom is 0.0581 e. The van der Waals surface area contributed by atoms with E-state index >= 15 is 0 Å². The Hall–Kier alpha value is -0.300. The van der Waals surface area contributed by atoms with Crippen molar-refractivity contribution in [3.63, 3.8) is 0 Å². The maximum atomic E-state index is 6.21. The molecule has 0 aromatic carbocycles. The summed E-state index contributed by atoms with van der Waals surface area (Å²) in [5, 5.41) is 0. The third kappa shape index (κ3) is 2.89. The van der Waals surface area contributed by atoms with E-state index in [-0.39, 0.29) is 0 Å². The van der Waals surface area contributed by atoms with Gasteiger partial charge in [-0.05, 0) is 113 Å². The van der Waals surface area contributed by atoms with Gasteiger partial charge in [-0.25, -0.2) is 0 Å². The summed E-state index contributed by atoms with van der Waals surface area (Å²) in [6.45, 7) is 11.4. The van der Waals surface area contributed by atoms with E-state index in [0.717, 1.165) is 29.6 Å². The molecule has 0 radical (unpaired) electrons. The number of hydrogen-bond acceptors (Lipinski definition) is 1. The van der Waals surface area contributed by atoms with Gasteiger partial charge in [-0.2, -0.15) is 0 Å². The van der Waals surface area contributed by atoms with Crippen molar-refractivity contribution >= 4 is 0 Å². The third-order valence-corrected chi connectivity index (χ3v) is 8.55. The zero-order valence-corrected chi connectivity index (χ0v) is 16.2. The van der Waals surface area contributed by atoms with Crippen molar-refractivity contribution in [1.82, 2.24) is 0 Å². The number of hydrogen-bond donors (Lipinski definition) is 0. The summed E-state index contributed by atoms with van der Waals surface area (Å²) >= 11 is 0. The molecule has 0 saturated heterocycles. The average Bonchev–Trinajstić information content (AvgIpc) is 2.54. The largest absolute Gasteiger partial charge is 0.376 e. The highest BCUT2D eigenvalue weighted by Gasteiger charge is 2.54. The Morgan fingerprint density at radius 3 is 2.67 bits per heavy atom. The van der Waals surface area contributed by atoms with Crippen LogP contribution < -0.4 is 0 Å². The van der Waals surface area contributed by atoms with Crippen molar-refractivity contribution < 1.29 is 4.74 Å². The molecule has 4 rings (SSSR count). The van der Waals surface area contributed by atoms with Crippen LogP contribution in [0.25, 0.3) is 0 Å². The van der Waals surface area contributed by atoms with Crippen LogP contribution in [0, 0.1) is 35.0 Å². The second kappa shape index (κ2) is 6.45. The van der Waals surface area contributed by atoms with E-state index in [9.17, 15) is 0 Å². The molecule has 1 heteroatoms. The maximum absolute atomic E-state index is 6.21. The van der Waals surface area contributed by atoms with Gasteiger partial charge in [0.2, 0.25) is 0 Å². The van der Waals surface area contributed by atoms with Gasteiger partial charge >= 0.3 is 0 Å². The zero-order valence-electron chi connectivity index (χ0n) is 16.2. The average molecular weight is 331 g/mol. The summed E-state index contributed by atoms with van der Waals surface area (Å²) in [5.74, 6) is 4.96. The van der Waals surface area contributed by atoms with E-state index < -0.39 is 0 Å². The quantitative estimate of drug-likeness (QED) is 0.534. The van der Waals surface area contributed by atoms with Crippen LogP contribution in [-0.2, 0) is 4.74 Å². The van der Waals surface area contributed by atoms with Crippen LogP contribution >= 0.6 is 0 Å². The van der Waals surface area contributed by atoms with E-state index in [1.807, 2.05) is 0 Å². The van der Waals surface area contributed by atoms with Gasteiger partial charge in [0.25, 0.3) is 0 Å². The lowest BCUT2D eigenvalue weighted by Crippen LogP contribution is -2.53. The lowest BCUT2D eigenvalue weighted by Gasteiger charge is -2.60. The van der Waals surface area contributed by atoms with E-state index in [1.54, 1.807) is 5.57 Å². The smallest absolute Gasteiger partial charge is 0.0581 e. The molecule has 0 aromatic rings. The number of rotatable bonds is 2. The molecule has 0 heterocycles. The summed E-state index contributed by atoms with van der Waals surface area (Å²) < 4.78 is 6.21. The highest BCUT2D eigenvalue weighted by Crippen LogP contribution is 2.62. The molecular weight excluding hydrogens is 292 g/mol. The zero-order chi connectivity index (χ0) is 16.9. The lowest BCUT2D eigenvalue weighted by molar-refractivity contribution is -0.130. The van der Waals surface area contributed by atoms with Crippen molar-refractivity contribution in [1.29, 1.82) is 0 Å². The first-order valence-electron chi connectivity index (χ1n) is 10.8. The lowest BCUT2D eigenvalue weighted by atomic mass is 9.45. The van der Waals surface area contributed by atoms with E-state index in [4.69, 9.17) is 4.74 Å². The van der Waals surface area contributed by atoms with Gasteiger partial charge < -0.3 is 4.74 Å². The molecule has 4 fully saturated rings. The number of allylic oxidation sites excluding steroid dienone is 1. The predicted octanol–water partition coefficient (Wildman–Crippen LogP) is 6.38. The molecule has 4 aliphatic rings. The van der Waals surface area contributed by atoms with Crippen LogP contribution in [0.5, 0.6) is 0 Å². The second-order valence-electron chi connectivity index (χ2n) is 10.1. The van der Waals surface area contributed by atoms with Crippen LogP contribution in [0.1, 0.15) is 85.0 Å². The van der Waals surface area contributed by atoms with Crippen LogP contribution in [0.15, 0.2) is 12.2 Å². The minimum atomic E-state index is 0.390. The summed E-state index contributed by atoms with van der Waals surface area (Å²) in [6.07, 6.45) is 15.1. The first-order valence-corrected chi connectivity index (χ1v) is 10.8. The SMILES string of the molecule is C=C1CC[C@@H]2C(CC[C@H]3[C@H]2CC[C@H]2C[C@@H](OC(C)C)CC[C@@]23C)C1. The van der Waals surface area contributed by atoms with E-state index in [2.05, 4.69) is 27.4 Å². The fourth-order valence-corrected chi connectivity index (χ4v) is 7.47. The minimum Gasteiger partial charge on any atom is -0.376 e. The topological polar surface area (TPSA) is 9.23 Å². The van der Waals surface area contributed by atoms with Crippen LogP contribution in [0.4, 0.5) is 0 Å². The van der Waals surface area contributed by atoms with Crippen LogP contribution in [-0.4, -0.2) is 12.2 Å². The first-order chi connectivity index (χ1) is 11.5. The monoisotopic (exact) mass is 330 g/mol. The standard InChI is InChI=1S/C23H38O/c1-15(2)24-19-11-12-23(4)18(14-19)7-9-21-20-8-5-16(3)13-17(20)6-10-22(21)23/h15,17-22H,3,5-14H2,1-2,4H3/t17?,18-,19-,20+,21-,22-,23-/m0/s1. The van der Waals surface area contributed by atoms with Gasteiger partial charge in [0.05, 0.1) is 12.2 Å². The third-order valence-electron chi connectivity index (χ3n) is 8.55. The van der Waals surface area contributed by atoms with Gasteiger partial charge in [-0.1, -0.05) is 19.1 Å².